The van der Waals surface area contributed by atoms with Gasteiger partial charge in [0.25, 0.3) is 0 Å². The van der Waals surface area contributed by atoms with Crippen molar-refractivity contribution in [1.29, 1.82) is 0 Å². The van der Waals surface area contributed by atoms with E-state index in [1.165, 1.54) is 0 Å². The monoisotopic (exact) mass is 524 g/mol. The molecule has 0 aliphatic carbocycles. The number of ether oxygens (including phenoxy) is 1. The molecule has 1 unspecified atom stereocenters. The zero-order valence-corrected chi connectivity index (χ0v) is 22.5. The van der Waals surface area contributed by atoms with Crippen LogP contribution in [0.1, 0.15) is 36.6 Å². The van der Waals surface area contributed by atoms with E-state index in [0.717, 1.165) is 32.2 Å². The normalized spacial score (nSPS) is 11.4. The Morgan fingerprint density at radius 3 is 1.97 bits per heavy atom. The van der Waals surface area contributed by atoms with E-state index in [9.17, 15) is 9.59 Å². The summed E-state index contributed by atoms with van der Waals surface area (Å²) in [7, 11) is 0. The molecular weight excluding hydrogens is 492 g/mol. The van der Waals surface area contributed by atoms with Gasteiger partial charge in [0, 0.05) is 22.0 Å². The molecule has 1 atom stereocenters. The van der Waals surface area contributed by atoms with Crippen LogP contribution in [0.3, 0.4) is 0 Å². The van der Waals surface area contributed by atoms with Crippen molar-refractivity contribution < 1.29 is 14.3 Å². The van der Waals surface area contributed by atoms with Gasteiger partial charge in [-0.05, 0) is 66.9 Å². The third kappa shape index (κ3) is 7.73. The number of amides is 2. The Labute approximate surface area is 228 Å². The van der Waals surface area contributed by atoms with Gasteiger partial charge in [-0.2, -0.15) is 0 Å². The molecule has 5 nitrogen and oxygen atoms in total. The fraction of sp³-hybridized carbons (Fsp3) is 0.188. The summed E-state index contributed by atoms with van der Waals surface area (Å²) in [6.45, 7) is 4.75. The van der Waals surface area contributed by atoms with Gasteiger partial charge in [-0.15, -0.1) is 0 Å². The fourth-order valence-electron chi connectivity index (χ4n) is 4.07. The van der Waals surface area contributed by atoms with Crippen LogP contribution in [-0.2, 0) is 22.5 Å². The highest BCUT2D eigenvalue weighted by atomic mass is 32.2. The number of benzene rings is 4. The zero-order valence-electron chi connectivity index (χ0n) is 21.7. The van der Waals surface area contributed by atoms with Gasteiger partial charge in [0.1, 0.15) is 0 Å². The molecule has 38 heavy (non-hydrogen) atoms. The minimum absolute atomic E-state index is 0.0990. The Balaban J connectivity index is 1.40. The Kier molecular flexibility index (Phi) is 9.59. The van der Waals surface area contributed by atoms with Crippen LogP contribution in [0.25, 0.3) is 0 Å². The molecule has 0 spiro atoms. The van der Waals surface area contributed by atoms with Crippen LogP contribution in [0.2, 0.25) is 0 Å². The topological polar surface area (TPSA) is 58.6 Å². The smallest absolute Gasteiger partial charge is 0.322 e. The molecule has 0 heterocycles. The summed E-state index contributed by atoms with van der Waals surface area (Å²) in [5, 5.41) is 3.07. The maximum Gasteiger partial charge on any atom is 0.322 e. The number of urea groups is 1. The molecule has 4 aromatic rings. The molecule has 0 fully saturated rings. The fourth-order valence-corrected chi connectivity index (χ4v) is 4.88. The summed E-state index contributed by atoms with van der Waals surface area (Å²) >= 11 is 1.62. The number of anilines is 1. The molecule has 0 saturated carbocycles. The maximum absolute atomic E-state index is 13.4. The molecular formula is C32H32N2O3S. The molecule has 2 amide bonds. The third-order valence-electron chi connectivity index (χ3n) is 6.12. The van der Waals surface area contributed by atoms with E-state index in [2.05, 4.69) is 12.2 Å². The number of esters is 1. The van der Waals surface area contributed by atoms with E-state index in [0.29, 0.717) is 13.2 Å². The Bertz CT molecular complexity index is 1310. The summed E-state index contributed by atoms with van der Waals surface area (Å²) in [4.78, 5) is 29.1. The molecule has 0 aliphatic rings. The van der Waals surface area contributed by atoms with E-state index in [1.54, 1.807) is 18.7 Å². The number of hydrogen-bond acceptors (Lipinski definition) is 4. The first-order chi connectivity index (χ1) is 18.5. The van der Waals surface area contributed by atoms with E-state index in [-0.39, 0.29) is 24.5 Å². The first-order valence-corrected chi connectivity index (χ1v) is 13.5. The predicted octanol–water partition coefficient (Wildman–Crippen LogP) is 7.74. The SMILES string of the molecule is CCOC(=O)Cc1ccc(Sc2ccc(NC(=O)N(Cc3ccccc3)C(C)c3ccccc3)cc2)cc1. The van der Waals surface area contributed by atoms with Crippen LogP contribution >= 0.6 is 11.8 Å². The third-order valence-corrected chi connectivity index (χ3v) is 7.14. The summed E-state index contributed by atoms with van der Waals surface area (Å²) < 4.78 is 5.01. The summed E-state index contributed by atoms with van der Waals surface area (Å²) in [5.74, 6) is -0.217. The molecule has 194 valence electrons. The van der Waals surface area contributed by atoms with E-state index < -0.39 is 0 Å². The molecule has 6 heteroatoms. The standard InChI is InChI=1S/C32H32N2O3S/c1-3-37-31(35)22-25-14-18-29(19-15-25)38-30-20-16-28(17-21-30)33-32(36)34(23-26-10-6-4-7-11-26)24(2)27-12-8-5-9-13-27/h4-21,24H,3,22-23H2,1-2H3,(H,33,36). The lowest BCUT2D eigenvalue weighted by Crippen LogP contribution is -2.36. The van der Waals surface area contributed by atoms with Crippen molar-refractivity contribution in [3.05, 3.63) is 126 Å². The van der Waals surface area contributed by atoms with Gasteiger partial charge < -0.3 is 15.0 Å². The van der Waals surface area contributed by atoms with Crippen molar-refractivity contribution >= 4 is 29.4 Å². The maximum atomic E-state index is 13.4. The lowest BCUT2D eigenvalue weighted by Gasteiger charge is -2.30. The zero-order chi connectivity index (χ0) is 26.7. The second-order valence-electron chi connectivity index (χ2n) is 8.88. The Morgan fingerprint density at radius 1 is 0.789 bits per heavy atom. The highest BCUT2D eigenvalue weighted by Gasteiger charge is 2.22. The number of hydrogen-bond donors (Lipinski definition) is 1. The van der Waals surface area contributed by atoms with Gasteiger partial charge >= 0.3 is 12.0 Å². The molecule has 4 aromatic carbocycles. The first kappa shape index (κ1) is 27.0. The van der Waals surface area contributed by atoms with Gasteiger partial charge in [-0.25, -0.2) is 4.79 Å². The van der Waals surface area contributed by atoms with Crippen LogP contribution < -0.4 is 5.32 Å². The Hall–Kier alpha value is -4.03. The van der Waals surface area contributed by atoms with Crippen molar-refractivity contribution in [2.24, 2.45) is 0 Å². The van der Waals surface area contributed by atoms with E-state index in [1.807, 2.05) is 114 Å². The summed E-state index contributed by atoms with van der Waals surface area (Å²) in [6.07, 6.45) is 0.275. The van der Waals surface area contributed by atoms with Crippen LogP contribution in [0.5, 0.6) is 0 Å². The first-order valence-electron chi connectivity index (χ1n) is 12.7. The van der Waals surface area contributed by atoms with Gasteiger partial charge in [0.15, 0.2) is 0 Å². The molecule has 4 rings (SSSR count). The molecule has 1 N–H and O–H groups in total. The van der Waals surface area contributed by atoms with Gasteiger partial charge in [-0.3, -0.25) is 4.79 Å². The van der Waals surface area contributed by atoms with Gasteiger partial charge in [0.05, 0.1) is 19.1 Å². The lowest BCUT2D eigenvalue weighted by atomic mass is 10.1. The van der Waals surface area contributed by atoms with Gasteiger partial charge in [-0.1, -0.05) is 84.6 Å². The number of carbonyl (C=O) groups excluding carboxylic acids is 2. The number of nitrogens with one attached hydrogen (secondary N) is 1. The van der Waals surface area contributed by atoms with E-state index >= 15 is 0 Å². The van der Waals surface area contributed by atoms with Crippen LogP contribution in [0, 0.1) is 0 Å². The number of nitrogens with zero attached hydrogens (tertiary/aromatic N) is 1. The summed E-state index contributed by atoms with van der Waals surface area (Å²) in [5.41, 5.74) is 3.82. The van der Waals surface area contributed by atoms with Crippen molar-refractivity contribution in [2.75, 3.05) is 11.9 Å². The minimum Gasteiger partial charge on any atom is -0.466 e. The quantitative estimate of drug-likeness (QED) is 0.216. The number of rotatable bonds is 10. The molecule has 0 radical (unpaired) electrons. The van der Waals surface area contributed by atoms with Crippen molar-refractivity contribution in [3.8, 4) is 0 Å². The minimum atomic E-state index is -0.217. The average molecular weight is 525 g/mol. The second-order valence-corrected chi connectivity index (χ2v) is 10.0. The molecule has 0 saturated heterocycles. The average Bonchev–Trinajstić information content (AvgIpc) is 2.94. The molecule has 0 aromatic heterocycles. The largest absolute Gasteiger partial charge is 0.466 e. The van der Waals surface area contributed by atoms with Gasteiger partial charge in [0.2, 0.25) is 0 Å². The second kappa shape index (κ2) is 13.5. The van der Waals surface area contributed by atoms with Crippen LogP contribution in [0.15, 0.2) is 119 Å². The van der Waals surface area contributed by atoms with Crippen molar-refractivity contribution in [1.82, 2.24) is 4.90 Å². The highest BCUT2D eigenvalue weighted by Crippen LogP contribution is 2.29. The van der Waals surface area contributed by atoms with Crippen molar-refractivity contribution in [3.63, 3.8) is 0 Å². The van der Waals surface area contributed by atoms with Crippen molar-refractivity contribution in [2.45, 2.75) is 42.6 Å². The van der Waals surface area contributed by atoms with E-state index in [4.69, 9.17) is 4.74 Å². The predicted molar refractivity (Wildman–Crippen MR) is 153 cm³/mol. The lowest BCUT2D eigenvalue weighted by molar-refractivity contribution is -0.142. The van der Waals surface area contributed by atoms with Crippen LogP contribution in [-0.4, -0.2) is 23.5 Å². The van der Waals surface area contributed by atoms with Crippen LogP contribution in [0.4, 0.5) is 10.5 Å². The summed E-state index contributed by atoms with van der Waals surface area (Å²) in [6, 6.07) is 35.6. The Morgan fingerprint density at radius 2 is 1.37 bits per heavy atom. The highest BCUT2D eigenvalue weighted by molar-refractivity contribution is 7.99. The molecule has 0 aliphatic heterocycles. The number of carbonyl (C=O) groups is 2. The molecule has 0 bridgehead atoms.